The van der Waals surface area contributed by atoms with Gasteiger partial charge in [0, 0.05) is 16.6 Å². The maximum atomic E-state index is 13.4. The van der Waals surface area contributed by atoms with Gasteiger partial charge in [0.05, 0.1) is 13.0 Å². The Labute approximate surface area is 116 Å². The number of amides is 2. The van der Waals surface area contributed by atoms with Crippen molar-refractivity contribution in [2.75, 3.05) is 6.54 Å². The summed E-state index contributed by atoms with van der Waals surface area (Å²) in [5.41, 5.74) is -0.267. The van der Waals surface area contributed by atoms with E-state index in [2.05, 4.69) is 26.6 Å². The molecule has 0 spiro atoms. The molecule has 0 aromatic heterocycles. The lowest BCUT2D eigenvalue weighted by Gasteiger charge is -2.08. The van der Waals surface area contributed by atoms with Gasteiger partial charge in [-0.15, -0.1) is 0 Å². The van der Waals surface area contributed by atoms with Gasteiger partial charge < -0.3 is 15.7 Å². The van der Waals surface area contributed by atoms with Gasteiger partial charge in [0.15, 0.2) is 0 Å². The van der Waals surface area contributed by atoms with E-state index >= 15 is 0 Å². The zero-order chi connectivity index (χ0) is 14.4. The molecule has 0 saturated heterocycles. The number of hydrogen-bond acceptors (Lipinski definition) is 2. The predicted molar refractivity (Wildman–Crippen MR) is 66.5 cm³/mol. The van der Waals surface area contributed by atoms with Crippen molar-refractivity contribution >= 4 is 27.9 Å². The summed E-state index contributed by atoms with van der Waals surface area (Å²) in [5.74, 6) is -2.61. The van der Waals surface area contributed by atoms with Gasteiger partial charge in [-0.2, -0.15) is 0 Å². The Bertz CT molecular complexity index is 474. The van der Waals surface area contributed by atoms with E-state index < -0.39 is 23.6 Å². The van der Waals surface area contributed by atoms with Crippen molar-refractivity contribution in [1.82, 2.24) is 10.6 Å². The largest absolute Gasteiger partial charge is 0.481 e. The van der Waals surface area contributed by atoms with Crippen molar-refractivity contribution in [2.24, 2.45) is 0 Å². The van der Waals surface area contributed by atoms with E-state index in [1.54, 1.807) is 0 Å². The van der Waals surface area contributed by atoms with Crippen LogP contribution >= 0.6 is 15.9 Å². The average molecular weight is 337 g/mol. The van der Waals surface area contributed by atoms with Crippen molar-refractivity contribution in [3.8, 4) is 0 Å². The molecule has 0 saturated carbocycles. The van der Waals surface area contributed by atoms with Crippen molar-refractivity contribution < 1.29 is 23.5 Å². The smallest absolute Gasteiger partial charge is 0.315 e. The number of carboxylic acids is 1. The van der Waals surface area contributed by atoms with Crippen molar-refractivity contribution in [3.63, 3.8) is 0 Å². The van der Waals surface area contributed by atoms with Crippen LogP contribution in [0.15, 0.2) is 16.6 Å². The molecule has 0 aliphatic heterocycles. The Kier molecular flexibility index (Phi) is 5.68. The van der Waals surface area contributed by atoms with E-state index in [-0.39, 0.29) is 29.5 Å². The summed E-state index contributed by atoms with van der Waals surface area (Å²) in [6.45, 7) is -0.393. The first-order chi connectivity index (χ1) is 8.90. The molecule has 1 aromatic rings. The van der Waals surface area contributed by atoms with Gasteiger partial charge in [0.2, 0.25) is 0 Å². The third-order valence-electron chi connectivity index (χ3n) is 2.16. The summed E-state index contributed by atoms with van der Waals surface area (Å²) < 4.78 is 27.1. The Morgan fingerprint density at radius 1 is 1.21 bits per heavy atom. The molecule has 3 N–H and O–H groups in total. The van der Waals surface area contributed by atoms with Crippen molar-refractivity contribution in [3.05, 3.63) is 33.8 Å². The van der Waals surface area contributed by atoms with E-state index in [1.807, 2.05) is 0 Å². The van der Waals surface area contributed by atoms with Gasteiger partial charge in [-0.1, -0.05) is 15.9 Å². The Balaban J connectivity index is 2.48. The lowest BCUT2D eigenvalue weighted by Crippen LogP contribution is -2.36. The van der Waals surface area contributed by atoms with Crippen LogP contribution in [-0.4, -0.2) is 23.7 Å². The second kappa shape index (κ2) is 7.03. The number of aliphatic carboxylic acids is 1. The fourth-order valence-electron chi connectivity index (χ4n) is 1.26. The van der Waals surface area contributed by atoms with Gasteiger partial charge in [0.1, 0.15) is 11.6 Å². The second-order valence-corrected chi connectivity index (χ2v) is 4.52. The number of urea groups is 1. The van der Waals surface area contributed by atoms with Crippen LogP contribution in [0.25, 0.3) is 0 Å². The van der Waals surface area contributed by atoms with Crippen molar-refractivity contribution in [2.45, 2.75) is 13.0 Å². The van der Waals surface area contributed by atoms with Crippen LogP contribution in [0.4, 0.5) is 13.6 Å². The minimum Gasteiger partial charge on any atom is -0.481 e. The molecule has 0 atom stereocenters. The van der Waals surface area contributed by atoms with Crippen LogP contribution in [0, 0.1) is 11.6 Å². The molecule has 0 heterocycles. The molecule has 0 aliphatic carbocycles. The van der Waals surface area contributed by atoms with E-state index in [0.717, 1.165) is 12.1 Å². The lowest BCUT2D eigenvalue weighted by molar-refractivity contribution is -0.136. The minimum atomic E-state index is -1.05. The summed E-state index contributed by atoms with van der Waals surface area (Å²) in [5, 5.41) is 12.8. The molecule has 19 heavy (non-hydrogen) atoms. The number of nitrogens with one attached hydrogen (secondary N) is 2. The number of halogens is 3. The highest BCUT2D eigenvalue weighted by atomic mass is 79.9. The molecule has 0 fully saturated rings. The minimum absolute atomic E-state index is 0.0630. The van der Waals surface area contributed by atoms with Gasteiger partial charge in [-0.05, 0) is 12.1 Å². The topological polar surface area (TPSA) is 78.4 Å². The monoisotopic (exact) mass is 336 g/mol. The first-order valence-electron chi connectivity index (χ1n) is 5.27. The van der Waals surface area contributed by atoms with Gasteiger partial charge in [-0.3, -0.25) is 4.79 Å². The maximum Gasteiger partial charge on any atom is 0.315 e. The summed E-state index contributed by atoms with van der Waals surface area (Å²) >= 11 is 2.94. The molecular weight excluding hydrogens is 326 g/mol. The summed E-state index contributed by atoms with van der Waals surface area (Å²) in [6, 6.07) is 1.48. The fraction of sp³-hybridized carbons (Fsp3) is 0.273. The zero-order valence-corrected chi connectivity index (χ0v) is 11.3. The first kappa shape index (κ1) is 15.4. The Morgan fingerprint density at radius 2 is 1.79 bits per heavy atom. The number of hydrogen-bond donors (Lipinski definition) is 3. The highest BCUT2D eigenvalue weighted by Crippen LogP contribution is 2.19. The van der Waals surface area contributed by atoms with Crippen molar-refractivity contribution in [1.29, 1.82) is 0 Å². The fourth-order valence-corrected chi connectivity index (χ4v) is 1.66. The standard InChI is InChI=1S/C11H11BrF2N2O3/c12-6-3-8(13)7(9(14)4-6)5-16-11(19)15-2-1-10(17)18/h3-4H,1-2,5H2,(H,17,18)(H2,15,16,19). The number of rotatable bonds is 5. The Morgan fingerprint density at radius 3 is 2.32 bits per heavy atom. The molecule has 104 valence electrons. The molecule has 8 heteroatoms. The molecule has 1 aromatic carbocycles. The van der Waals surface area contributed by atoms with Gasteiger partial charge in [0.25, 0.3) is 0 Å². The van der Waals surface area contributed by atoms with E-state index in [1.165, 1.54) is 0 Å². The van der Waals surface area contributed by atoms with E-state index in [0.29, 0.717) is 0 Å². The normalized spacial score (nSPS) is 10.1. The summed E-state index contributed by atoms with van der Waals surface area (Å²) in [4.78, 5) is 21.4. The molecule has 0 aliphatic rings. The maximum absolute atomic E-state index is 13.4. The molecule has 1 rings (SSSR count). The van der Waals surface area contributed by atoms with Crippen LogP contribution in [-0.2, 0) is 11.3 Å². The van der Waals surface area contributed by atoms with Gasteiger partial charge >= 0.3 is 12.0 Å². The third kappa shape index (κ3) is 5.21. The molecule has 5 nitrogen and oxygen atoms in total. The highest BCUT2D eigenvalue weighted by Gasteiger charge is 2.11. The van der Waals surface area contributed by atoms with Crippen LogP contribution in [0.1, 0.15) is 12.0 Å². The number of carbonyl (C=O) groups is 2. The molecule has 0 radical (unpaired) electrons. The van der Waals surface area contributed by atoms with Crippen LogP contribution in [0.5, 0.6) is 0 Å². The lowest BCUT2D eigenvalue weighted by atomic mass is 10.2. The van der Waals surface area contributed by atoms with E-state index in [9.17, 15) is 18.4 Å². The Hall–Kier alpha value is -1.70. The average Bonchev–Trinajstić information content (AvgIpc) is 2.26. The number of carbonyl (C=O) groups excluding carboxylic acids is 1. The summed E-state index contributed by atoms with van der Waals surface area (Å²) in [6.07, 6.45) is -0.228. The molecule has 2 amide bonds. The SMILES string of the molecule is O=C(O)CCNC(=O)NCc1c(F)cc(Br)cc1F. The quantitative estimate of drug-likeness (QED) is 0.769. The first-order valence-corrected chi connectivity index (χ1v) is 6.06. The van der Waals surface area contributed by atoms with Crippen LogP contribution < -0.4 is 10.6 Å². The molecule has 0 bridgehead atoms. The summed E-state index contributed by atoms with van der Waals surface area (Å²) in [7, 11) is 0. The molecular formula is C11H11BrF2N2O3. The third-order valence-corrected chi connectivity index (χ3v) is 2.61. The van der Waals surface area contributed by atoms with Crippen LogP contribution in [0.3, 0.4) is 0 Å². The predicted octanol–water partition coefficient (Wildman–Crippen LogP) is 2.00. The van der Waals surface area contributed by atoms with Crippen LogP contribution in [0.2, 0.25) is 0 Å². The van der Waals surface area contributed by atoms with E-state index in [4.69, 9.17) is 5.11 Å². The second-order valence-electron chi connectivity index (χ2n) is 3.60. The molecule has 0 unspecified atom stereocenters. The van der Waals surface area contributed by atoms with Gasteiger partial charge in [-0.25, -0.2) is 13.6 Å². The highest BCUT2D eigenvalue weighted by molar-refractivity contribution is 9.10. The zero-order valence-electron chi connectivity index (χ0n) is 9.67. The number of benzene rings is 1. The number of carboxylic acid groups (broad SMARTS) is 1.